The Morgan fingerprint density at radius 3 is 2.62 bits per heavy atom. The van der Waals surface area contributed by atoms with Crippen LogP contribution < -0.4 is 0 Å². The van der Waals surface area contributed by atoms with Crippen molar-refractivity contribution in [2.75, 3.05) is 0 Å². The van der Waals surface area contributed by atoms with Gasteiger partial charge < -0.3 is 0 Å². The summed E-state index contributed by atoms with van der Waals surface area (Å²) in [6.45, 7) is 4.39. The van der Waals surface area contributed by atoms with Crippen LogP contribution in [0.5, 0.6) is 0 Å². The normalized spacial score (nSPS) is 10.9. The van der Waals surface area contributed by atoms with Crippen LogP contribution in [0.2, 0.25) is 0 Å². The van der Waals surface area contributed by atoms with Crippen LogP contribution in [0.15, 0.2) is 30.3 Å². The first kappa shape index (κ1) is 10.0. The summed E-state index contributed by atoms with van der Waals surface area (Å²) < 4.78 is 0. The molecule has 70 valence electrons. The molecule has 0 unspecified atom stereocenters. The van der Waals surface area contributed by atoms with E-state index in [1.54, 1.807) is 0 Å². The molecule has 0 amide bonds. The van der Waals surface area contributed by atoms with Crippen LogP contribution >= 0.6 is 0 Å². The molecule has 0 heteroatoms. The quantitative estimate of drug-likeness (QED) is 0.645. The molecule has 0 aliphatic carbocycles. The zero-order valence-corrected chi connectivity index (χ0v) is 8.59. The lowest BCUT2D eigenvalue weighted by molar-refractivity contribution is 0.919. The molecule has 0 atom stereocenters. The molecule has 0 N–H and O–H groups in total. The minimum Gasteiger partial charge on any atom is -0.0842 e. The van der Waals surface area contributed by atoms with Gasteiger partial charge in [-0.2, -0.15) is 0 Å². The second-order valence-electron chi connectivity index (χ2n) is 3.26. The lowest BCUT2D eigenvalue weighted by Gasteiger charge is -2.03. The fourth-order valence-corrected chi connectivity index (χ4v) is 1.44. The summed E-state index contributed by atoms with van der Waals surface area (Å²) in [7, 11) is 0. The molecular formula is C13H18. The Bertz CT molecular complexity index is 271. The molecule has 0 aliphatic rings. The van der Waals surface area contributed by atoms with Crippen molar-refractivity contribution in [1.82, 2.24) is 0 Å². The standard InChI is InChI=1S/C13H18/c1-3-5-9-13-11-7-6-10-12(13)8-4-2/h5-7,9-11H,3-4,8H2,1-2H3/b9-5+. The van der Waals surface area contributed by atoms with E-state index in [0.717, 1.165) is 6.42 Å². The maximum Gasteiger partial charge on any atom is -0.0228 e. The summed E-state index contributed by atoms with van der Waals surface area (Å²) in [6, 6.07) is 8.64. The van der Waals surface area contributed by atoms with Crippen molar-refractivity contribution < 1.29 is 0 Å². The van der Waals surface area contributed by atoms with Crippen molar-refractivity contribution in [2.45, 2.75) is 33.1 Å². The van der Waals surface area contributed by atoms with E-state index in [1.807, 2.05) is 0 Å². The first-order valence-corrected chi connectivity index (χ1v) is 5.13. The fraction of sp³-hybridized carbons (Fsp3) is 0.385. The Balaban J connectivity index is 2.84. The Labute approximate surface area is 81.3 Å². The van der Waals surface area contributed by atoms with Crippen LogP contribution in [0.1, 0.15) is 37.8 Å². The average molecular weight is 174 g/mol. The summed E-state index contributed by atoms with van der Waals surface area (Å²) in [5.74, 6) is 0. The third-order valence-corrected chi connectivity index (χ3v) is 2.11. The van der Waals surface area contributed by atoms with Gasteiger partial charge in [-0.25, -0.2) is 0 Å². The highest BCUT2D eigenvalue weighted by Crippen LogP contribution is 2.12. The van der Waals surface area contributed by atoms with Gasteiger partial charge in [0, 0.05) is 0 Å². The SMILES string of the molecule is CC/C=C/c1ccccc1CCC. The summed E-state index contributed by atoms with van der Waals surface area (Å²) in [4.78, 5) is 0. The van der Waals surface area contributed by atoms with E-state index in [-0.39, 0.29) is 0 Å². The molecule has 0 saturated heterocycles. The van der Waals surface area contributed by atoms with Gasteiger partial charge in [0.25, 0.3) is 0 Å². The summed E-state index contributed by atoms with van der Waals surface area (Å²) in [6.07, 6.45) is 7.96. The van der Waals surface area contributed by atoms with Gasteiger partial charge in [0.15, 0.2) is 0 Å². The average Bonchev–Trinajstić information content (AvgIpc) is 2.17. The molecule has 0 radical (unpaired) electrons. The summed E-state index contributed by atoms with van der Waals surface area (Å²) in [5, 5.41) is 0. The number of allylic oxidation sites excluding steroid dienone is 1. The topological polar surface area (TPSA) is 0 Å². The van der Waals surface area contributed by atoms with Gasteiger partial charge in [0.1, 0.15) is 0 Å². The Hall–Kier alpha value is -1.04. The molecule has 0 heterocycles. The van der Waals surface area contributed by atoms with Crippen LogP contribution in [0.3, 0.4) is 0 Å². The fourth-order valence-electron chi connectivity index (χ4n) is 1.44. The van der Waals surface area contributed by atoms with Gasteiger partial charge in [0.05, 0.1) is 0 Å². The van der Waals surface area contributed by atoms with Crippen molar-refractivity contribution in [3.63, 3.8) is 0 Å². The zero-order valence-electron chi connectivity index (χ0n) is 8.59. The lowest BCUT2D eigenvalue weighted by Crippen LogP contribution is -1.86. The van der Waals surface area contributed by atoms with Crippen molar-refractivity contribution in [3.8, 4) is 0 Å². The van der Waals surface area contributed by atoms with E-state index in [9.17, 15) is 0 Å². The largest absolute Gasteiger partial charge is 0.0842 e. The molecule has 0 aromatic heterocycles. The number of rotatable bonds is 4. The molecule has 13 heavy (non-hydrogen) atoms. The monoisotopic (exact) mass is 174 g/mol. The lowest BCUT2D eigenvalue weighted by atomic mass is 10.0. The molecule has 0 spiro atoms. The number of benzene rings is 1. The van der Waals surface area contributed by atoms with Gasteiger partial charge in [-0.3, -0.25) is 0 Å². The Kier molecular flexibility index (Phi) is 4.31. The highest BCUT2D eigenvalue weighted by molar-refractivity contribution is 5.53. The Morgan fingerprint density at radius 2 is 1.92 bits per heavy atom. The number of hydrogen-bond acceptors (Lipinski definition) is 0. The van der Waals surface area contributed by atoms with Crippen molar-refractivity contribution >= 4 is 6.08 Å². The molecular weight excluding hydrogens is 156 g/mol. The van der Waals surface area contributed by atoms with Gasteiger partial charge in [-0.1, -0.05) is 56.7 Å². The van der Waals surface area contributed by atoms with Crippen LogP contribution in [0.25, 0.3) is 6.08 Å². The zero-order chi connectivity index (χ0) is 9.52. The van der Waals surface area contributed by atoms with E-state index < -0.39 is 0 Å². The first-order chi connectivity index (χ1) is 6.38. The number of aryl methyl sites for hydroxylation is 1. The highest BCUT2D eigenvalue weighted by atomic mass is 14.0. The second-order valence-corrected chi connectivity index (χ2v) is 3.26. The Morgan fingerprint density at radius 1 is 1.15 bits per heavy atom. The third kappa shape index (κ3) is 3.06. The van der Waals surface area contributed by atoms with Crippen molar-refractivity contribution in [1.29, 1.82) is 0 Å². The minimum atomic E-state index is 1.11. The van der Waals surface area contributed by atoms with E-state index in [1.165, 1.54) is 24.0 Å². The molecule has 0 saturated carbocycles. The smallest absolute Gasteiger partial charge is 0.0228 e. The maximum atomic E-state index is 2.23. The first-order valence-electron chi connectivity index (χ1n) is 5.13. The molecule has 0 bridgehead atoms. The van der Waals surface area contributed by atoms with Crippen molar-refractivity contribution in [3.05, 3.63) is 41.5 Å². The van der Waals surface area contributed by atoms with Crippen LogP contribution in [0.4, 0.5) is 0 Å². The van der Waals surface area contributed by atoms with Gasteiger partial charge >= 0.3 is 0 Å². The van der Waals surface area contributed by atoms with E-state index in [0.29, 0.717) is 0 Å². The molecule has 0 nitrogen and oxygen atoms in total. The van der Waals surface area contributed by atoms with Crippen LogP contribution in [-0.2, 0) is 6.42 Å². The van der Waals surface area contributed by atoms with Crippen LogP contribution in [-0.4, -0.2) is 0 Å². The molecule has 0 fully saturated rings. The predicted octanol–water partition coefficient (Wildman–Crippen LogP) is 4.06. The minimum absolute atomic E-state index is 1.11. The molecule has 1 rings (SSSR count). The van der Waals surface area contributed by atoms with Gasteiger partial charge in [-0.15, -0.1) is 0 Å². The predicted molar refractivity (Wildman–Crippen MR) is 59.8 cm³/mol. The van der Waals surface area contributed by atoms with E-state index in [2.05, 4.69) is 50.3 Å². The summed E-state index contributed by atoms with van der Waals surface area (Å²) in [5.41, 5.74) is 2.85. The second kappa shape index (κ2) is 5.58. The van der Waals surface area contributed by atoms with Crippen LogP contribution in [0, 0.1) is 0 Å². The highest BCUT2D eigenvalue weighted by Gasteiger charge is 1.95. The van der Waals surface area contributed by atoms with Gasteiger partial charge in [-0.05, 0) is 24.0 Å². The van der Waals surface area contributed by atoms with Crippen molar-refractivity contribution in [2.24, 2.45) is 0 Å². The molecule has 1 aromatic rings. The van der Waals surface area contributed by atoms with E-state index in [4.69, 9.17) is 0 Å². The third-order valence-electron chi connectivity index (χ3n) is 2.11. The van der Waals surface area contributed by atoms with E-state index >= 15 is 0 Å². The maximum absolute atomic E-state index is 2.23. The number of hydrogen-bond donors (Lipinski definition) is 0. The molecule has 1 aromatic carbocycles. The molecule has 0 aliphatic heterocycles. The van der Waals surface area contributed by atoms with Gasteiger partial charge in [0.2, 0.25) is 0 Å². The summed E-state index contributed by atoms with van der Waals surface area (Å²) >= 11 is 0.